The molecule has 0 saturated carbocycles. The molecule has 5 aromatic rings. The number of rotatable bonds is 5. The van der Waals surface area contributed by atoms with Gasteiger partial charge in [0.25, 0.3) is 5.56 Å². The molecule has 3 aromatic heterocycles. The number of nitrogens with one attached hydrogen (secondary N) is 1. The number of aromatic amines is 1. The van der Waals surface area contributed by atoms with Crippen LogP contribution in [0.15, 0.2) is 65.8 Å². The van der Waals surface area contributed by atoms with Crippen LogP contribution in [0.2, 0.25) is 5.02 Å². The van der Waals surface area contributed by atoms with Crippen molar-refractivity contribution in [3.63, 3.8) is 0 Å². The van der Waals surface area contributed by atoms with Crippen molar-refractivity contribution in [1.82, 2.24) is 34.7 Å². The number of aromatic carboxylic acids is 1. The molecule has 0 bridgehead atoms. The van der Waals surface area contributed by atoms with Crippen molar-refractivity contribution < 1.29 is 15.0 Å². The van der Waals surface area contributed by atoms with Crippen molar-refractivity contribution in [2.75, 3.05) is 0 Å². The predicted molar refractivity (Wildman–Crippen MR) is 133 cm³/mol. The van der Waals surface area contributed by atoms with Crippen molar-refractivity contribution in [2.45, 2.75) is 18.9 Å². The van der Waals surface area contributed by atoms with E-state index in [1.54, 1.807) is 41.1 Å². The Morgan fingerprint density at radius 3 is 2.76 bits per heavy atom. The van der Waals surface area contributed by atoms with Crippen molar-refractivity contribution in [3.8, 4) is 33.8 Å². The summed E-state index contributed by atoms with van der Waals surface area (Å²) < 4.78 is 3.23. The average Bonchev–Trinajstić information content (AvgIpc) is 3.64. The molecule has 0 fully saturated rings. The van der Waals surface area contributed by atoms with Crippen molar-refractivity contribution in [3.05, 3.63) is 93.5 Å². The van der Waals surface area contributed by atoms with E-state index in [9.17, 15) is 19.8 Å². The van der Waals surface area contributed by atoms with Gasteiger partial charge >= 0.3 is 5.97 Å². The van der Waals surface area contributed by atoms with E-state index in [1.165, 1.54) is 23.1 Å². The number of benzene rings is 2. The van der Waals surface area contributed by atoms with Crippen LogP contribution in [0.1, 0.15) is 34.3 Å². The Kier molecular flexibility index (Phi) is 5.34. The van der Waals surface area contributed by atoms with E-state index in [2.05, 4.69) is 25.5 Å². The van der Waals surface area contributed by atoms with Crippen LogP contribution in [0, 0.1) is 0 Å². The molecule has 0 aliphatic carbocycles. The molecule has 3 N–H and O–H groups in total. The molecule has 1 aliphatic rings. The molecule has 12 heteroatoms. The molecule has 4 heterocycles. The van der Waals surface area contributed by atoms with E-state index in [1.807, 2.05) is 6.07 Å². The van der Waals surface area contributed by atoms with Crippen LogP contribution < -0.4 is 5.56 Å². The number of hydrogen-bond acceptors (Lipinski definition) is 7. The monoisotopic (exact) mass is 515 g/mol. The standard InChI is InChI=1S/C25H18ClN7O4/c26-15-2-4-20(32-12-28-30-31-32)17(10-15)14-7-16-3-5-21(33(16)23(35)9-14)24-27-11-19(29-24)13-1-6-22(34)18(8-13)25(36)37/h1-2,4,6-12,21,34H,3,5H2,(H,27,29)(H,36,37)/t21-/m0/s1. The van der Waals surface area contributed by atoms with Gasteiger partial charge in [-0.15, -0.1) is 5.10 Å². The molecule has 184 valence electrons. The fourth-order valence-electron chi connectivity index (χ4n) is 4.75. The van der Waals surface area contributed by atoms with Gasteiger partial charge in [0.1, 0.15) is 23.5 Å². The number of carbonyl (C=O) groups is 1. The van der Waals surface area contributed by atoms with Gasteiger partial charge in [0.05, 0.1) is 23.6 Å². The first-order valence-electron chi connectivity index (χ1n) is 11.3. The predicted octanol–water partition coefficient (Wildman–Crippen LogP) is 3.47. The maximum Gasteiger partial charge on any atom is 0.339 e. The molecule has 1 aliphatic heterocycles. The second-order valence-electron chi connectivity index (χ2n) is 8.63. The number of tetrazole rings is 1. The number of aryl methyl sites for hydroxylation is 1. The minimum Gasteiger partial charge on any atom is -0.507 e. The van der Waals surface area contributed by atoms with E-state index < -0.39 is 5.97 Å². The first-order chi connectivity index (χ1) is 17.9. The third kappa shape index (κ3) is 3.95. The van der Waals surface area contributed by atoms with Crippen LogP contribution in [0.3, 0.4) is 0 Å². The Balaban J connectivity index is 1.37. The van der Waals surface area contributed by atoms with Crippen LogP contribution >= 0.6 is 11.6 Å². The third-order valence-electron chi connectivity index (χ3n) is 6.45. The summed E-state index contributed by atoms with van der Waals surface area (Å²) in [4.78, 5) is 32.4. The Bertz CT molecular complexity index is 1730. The lowest BCUT2D eigenvalue weighted by Gasteiger charge is -2.15. The summed E-state index contributed by atoms with van der Waals surface area (Å²) in [6.45, 7) is 0. The average molecular weight is 516 g/mol. The van der Waals surface area contributed by atoms with E-state index in [4.69, 9.17) is 11.6 Å². The highest BCUT2D eigenvalue weighted by Crippen LogP contribution is 2.34. The van der Waals surface area contributed by atoms with Gasteiger partial charge in [-0.3, -0.25) is 4.79 Å². The lowest BCUT2D eigenvalue weighted by molar-refractivity contribution is 0.0694. The number of halogens is 1. The van der Waals surface area contributed by atoms with Gasteiger partial charge in [-0.2, -0.15) is 4.68 Å². The number of phenols is 1. The normalized spacial score (nSPS) is 14.6. The Hall–Kier alpha value is -4.77. The lowest BCUT2D eigenvalue weighted by atomic mass is 10.0. The molecule has 0 amide bonds. The molecule has 0 radical (unpaired) electrons. The van der Waals surface area contributed by atoms with Crippen molar-refractivity contribution in [2.24, 2.45) is 0 Å². The van der Waals surface area contributed by atoms with Crippen LogP contribution in [0.4, 0.5) is 0 Å². The van der Waals surface area contributed by atoms with Gasteiger partial charge < -0.3 is 19.8 Å². The highest BCUT2D eigenvalue weighted by Gasteiger charge is 2.28. The number of fused-ring (bicyclic) bond motifs is 1. The second-order valence-corrected chi connectivity index (χ2v) is 9.07. The van der Waals surface area contributed by atoms with Crippen LogP contribution in [0.5, 0.6) is 5.75 Å². The summed E-state index contributed by atoms with van der Waals surface area (Å²) in [6, 6.07) is 12.8. The lowest BCUT2D eigenvalue weighted by Crippen LogP contribution is -2.23. The SMILES string of the molecule is O=C(O)c1cc(-c2cnc([C@@H]3CCc4cc(-c5cc(Cl)ccc5-n5cnnn5)cc(=O)n43)[nH]2)ccc1O. The molecular formula is C25H18ClN7O4. The third-order valence-corrected chi connectivity index (χ3v) is 6.68. The summed E-state index contributed by atoms with van der Waals surface area (Å²) in [6.07, 6.45) is 4.39. The highest BCUT2D eigenvalue weighted by molar-refractivity contribution is 6.31. The van der Waals surface area contributed by atoms with Gasteiger partial charge in [0.15, 0.2) is 0 Å². The number of hydrogen-bond donors (Lipinski definition) is 3. The van der Waals surface area contributed by atoms with Crippen LogP contribution in [-0.4, -0.2) is 50.9 Å². The minimum atomic E-state index is -1.23. The number of carboxylic acid groups (broad SMARTS) is 1. The fraction of sp³-hybridized carbons (Fsp3) is 0.120. The summed E-state index contributed by atoms with van der Waals surface area (Å²) >= 11 is 6.27. The molecule has 11 nitrogen and oxygen atoms in total. The molecule has 1 atom stereocenters. The smallest absolute Gasteiger partial charge is 0.339 e. The van der Waals surface area contributed by atoms with E-state index in [0.717, 1.165) is 11.3 Å². The molecule has 0 unspecified atom stereocenters. The summed E-state index contributed by atoms with van der Waals surface area (Å²) in [7, 11) is 0. The van der Waals surface area contributed by atoms with E-state index in [0.29, 0.717) is 46.2 Å². The zero-order valence-electron chi connectivity index (χ0n) is 19.0. The Morgan fingerprint density at radius 2 is 1.97 bits per heavy atom. The largest absolute Gasteiger partial charge is 0.507 e. The molecule has 2 aromatic carbocycles. The zero-order valence-corrected chi connectivity index (χ0v) is 19.8. The molecule has 6 rings (SSSR count). The number of imidazole rings is 1. The second kappa shape index (κ2) is 8.71. The first-order valence-corrected chi connectivity index (χ1v) is 11.7. The van der Waals surface area contributed by atoms with Crippen LogP contribution in [0.25, 0.3) is 28.1 Å². The zero-order chi connectivity index (χ0) is 25.7. The first kappa shape index (κ1) is 22.7. The van der Waals surface area contributed by atoms with E-state index in [-0.39, 0.29) is 22.9 Å². The molecular weight excluding hydrogens is 498 g/mol. The van der Waals surface area contributed by atoms with Gasteiger partial charge in [0.2, 0.25) is 0 Å². The maximum atomic E-state index is 13.4. The molecule has 37 heavy (non-hydrogen) atoms. The number of aromatic hydroxyl groups is 1. The highest BCUT2D eigenvalue weighted by atomic mass is 35.5. The molecule has 0 spiro atoms. The quantitative estimate of drug-likeness (QED) is 0.322. The Morgan fingerprint density at radius 1 is 1.11 bits per heavy atom. The van der Waals surface area contributed by atoms with Gasteiger partial charge in [0, 0.05) is 27.9 Å². The summed E-state index contributed by atoms with van der Waals surface area (Å²) in [5, 5.41) is 31.0. The minimum absolute atomic E-state index is 0.187. The van der Waals surface area contributed by atoms with Gasteiger partial charge in [-0.1, -0.05) is 11.6 Å². The Labute approximate surface area is 213 Å². The summed E-state index contributed by atoms with van der Waals surface area (Å²) in [5.74, 6) is -0.953. The number of H-pyrrole nitrogens is 1. The van der Waals surface area contributed by atoms with Crippen molar-refractivity contribution in [1.29, 1.82) is 0 Å². The summed E-state index contributed by atoms with van der Waals surface area (Å²) in [5.41, 5.74) is 3.73. The number of nitrogens with zero attached hydrogens (tertiary/aromatic N) is 6. The topological polar surface area (TPSA) is 152 Å². The van der Waals surface area contributed by atoms with Gasteiger partial charge in [-0.25, -0.2) is 9.78 Å². The van der Waals surface area contributed by atoms with Crippen molar-refractivity contribution >= 4 is 17.6 Å². The molecule has 0 saturated heterocycles. The fourth-order valence-corrected chi connectivity index (χ4v) is 4.92. The number of aromatic nitrogens is 7. The number of pyridine rings is 1. The number of carboxylic acids is 1. The maximum absolute atomic E-state index is 13.4. The van der Waals surface area contributed by atoms with Gasteiger partial charge in [-0.05, 0) is 71.3 Å². The van der Waals surface area contributed by atoms with Crippen LogP contribution in [-0.2, 0) is 6.42 Å². The van der Waals surface area contributed by atoms with E-state index >= 15 is 0 Å².